The van der Waals surface area contributed by atoms with Gasteiger partial charge in [0.1, 0.15) is 12.4 Å². The van der Waals surface area contributed by atoms with Gasteiger partial charge in [-0.05, 0) is 55.0 Å². The fourth-order valence-corrected chi connectivity index (χ4v) is 4.15. The van der Waals surface area contributed by atoms with Crippen LogP contribution >= 0.6 is 0 Å². The van der Waals surface area contributed by atoms with E-state index in [4.69, 9.17) is 4.74 Å². The van der Waals surface area contributed by atoms with E-state index in [0.29, 0.717) is 18.9 Å². The number of amides is 2. The highest BCUT2D eigenvalue weighted by molar-refractivity contribution is 5.96. The molecule has 5 rings (SSSR count). The highest BCUT2D eigenvalue weighted by atomic mass is 16.5. The van der Waals surface area contributed by atoms with Crippen LogP contribution in [0, 0.1) is 5.92 Å². The Morgan fingerprint density at radius 1 is 1.14 bits per heavy atom. The van der Waals surface area contributed by atoms with Crippen LogP contribution in [-0.4, -0.2) is 47.9 Å². The molecule has 2 aliphatic heterocycles. The van der Waals surface area contributed by atoms with Crippen LogP contribution in [0.4, 0.5) is 5.69 Å². The highest BCUT2D eigenvalue weighted by Crippen LogP contribution is 2.35. The maximum Gasteiger partial charge on any atom is 0.227 e. The average molecular weight is 391 g/mol. The van der Waals surface area contributed by atoms with E-state index < -0.39 is 0 Å². The summed E-state index contributed by atoms with van der Waals surface area (Å²) in [5.74, 6) is 1.45. The van der Waals surface area contributed by atoms with Gasteiger partial charge < -0.3 is 14.5 Å². The molecule has 1 unspecified atom stereocenters. The molecule has 0 radical (unpaired) electrons. The number of carbonyl (C=O) groups is 2. The fraction of sp³-hybridized carbons (Fsp3) is 0.435. The van der Waals surface area contributed by atoms with E-state index in [0.717, 1.165) is 54.8 Å². The molecule has 0 N–H and O–H groups in total. The molecule has 0 bridgehead atoms. The maximum absolute atomic E-state index is 12.2. The van der Waals surface area contributed by atoms with Crippen LogP contribution in [0.3, 0.4) is 0 Å². The number of aromatic nitrogens is 1. The minimum atomic E-state index is 0.160. The Balaban J connectivity index is 1.28. The van der Waals surface area contributed by atoms with Crippen molar-refractivity contribution in [3.05, 3.63) is 42.2 Å². The number of benzene rings is 1. The molecule has 6 nitrogen and oxygen atoms in total. The van der Waals surface area contributed by atoms with Crippen molar-refractivity contribution in [3.63, 3.8) is 0 Å². The molecule has 1 aromatic carbocycles. The van der Waals surface area contributed by atoms with Crippen molar-refractivity contribution in [1.82, 2.24) is 9.88 Å². The van der Waals surface area contributed by atoms with Crippen molar-refractivity contribution in [3.8, 4) is 16.9 Å². The van der Waals surface area contributed by atoms with Gasteiger partial charge in [0.25, 0.3) is 0 Å². The third-order valence-electron chi connectivity index (χ3n) is 6.27. The fourth-order valence-electron chi connectivity index (χ4n) is 4.15. The molecule has 2 fully saturated rings. The van der Waals surface area contributed by atoms with Gasteiger partial charge in [-0.2, -0.15) is 0 Å². The number of anilines is 1. The molecular formula is C23H25N3O3. The largest absolute Gasteiger partial charge is 0.490 e. The van der Waals surface area contributed by atoms with Crippen molar-refractivity contribution in [2.75, 3.05) is 25.1 Å². The lowest BCUT2D eigenvalue weighted by Gasteiger charge is -2.40. The number of nitrogens with zero attached hydrogens (tertiary/aromatic N) is 3. The van der Waals surface area contributed by atoms with Crippen LogP contribution < -0.4 is 9.64 Å². The molecule has 3 heterocycles. The van der Waals surface area contributed by atoms with Crippen molar-refractivity contribution in [2.45, 2.75) is 38.1 Å². The minimum absolute atomic E-state index is 0.160. The number of likely N-dealkylation sites (tertiary alicyclic amines) is 1. The van der Waals surface area contributed by atoms with Crippen LogP contribution in [0.5, 0.6) is 5.75 Å². The van der Waals surface area contributed by atoms with Crippen LogP contribution in [-0.2, 0) is 16.0 Å². The normalized spacial score (nSPS) is 20.9. The van der Waals surface area contributed by atoms with Crippen molar-refractivity contribution in [2.24, 2.45) is 5.92 Å². The molecule has 1 atom stereocenters. The Kier molecular flexibility index (Phi) is 4.49. The van der Waals surface area contributed by atoms with E-state index in [-0.39, 0.29) is 17.9 Å². The third kappa shape index (κ3) is 3.48. The van der Waals surface area contributed by atoms with Gasteiger partial charge in [-0.1, -0.05) is 6.07 Å². The third-order valence-corrected chi connectivity index (χ3v) is 6.27. The summed E-state index contributed by atoms with van der Waals surface area (Å²) in [6.07, 6.45) is 7.95. The Morgan fingerprint density at radius 2 is 2.00 bits per heavy atom. The van der Waals surface area contributed by atoms with Crippen LogP contribution in [0.15, 0.2) is 36.7 Å². The van der Waals surface area contributed by atoms with Crippen LogP contribution in [0.1, 0.15) is 31.2 Å². The van der Waals surface area contributed by atoms with Crippen LogP contribution in [0.25, 0.3) is 11.1 Å². The van der Waals surface area contributed by atoms with E-state index in [2.05, 4.69) is 11.1 Å². The summed E-state index contributed by atoms with van der Waals surface area (Å²) in [7, 11) is 1.83. The lowest BCUT2D eigenvalue weighted by Crippen LogP contribution is -2.54. The molecule has 1 aliphatic carbocycles. The number of ether oxygens (including phenoxy) is 1. The van der Waals surface area contributed by atoms with E-state index in [1.54, 1.807) is 11.1 Å². The van der Waals surface area contributed by atoms with Gasteiger partial charge in [-0.15, -0.1) is 0 Å². The first kappa shape index (κ1) is 18.2. The molecule has 3 aliphatic rings. The molecule has 29 heavy (non-hydrogen) atoms. The number of fused-ring (bicyclic) bond motifs is 1. The monoisotopic (exact) mass is 391 g/mol. The number of rotatable bonds is 5. The second kappa shape index (κ2) is 7.17. The second-order valence-electron chi connectivity index (χ2n) is 8.26. The van der Waals surface area contributed by atoms with E-state index in [1.807, 2.05) is 36.3 Å². The Hall–Kier alpha value is -2.89. The summed E-state index contributed by atoms with van der Waals surface area (Å²) in [5.41, 5.74) is 4.22. The minimum Gasteiger partial charge on any atom is -0.490 e. The summed E-state index contributed by atoms with van der Waals surface area (Å²) in [6, 6.07) is 8.35. The lowest BCUT2D eigenvalue weighted by atomic mass is 9.97. The van der Waals surface area contributed by atoms with Gasteiger partial charge in [0.15, 0.2) is 0 Å². The zero-order valence-corrected chi connectivity index (χ0v) is 16.6. The number of aryl methyl sites for hydroxylation is 1. The molecule has 1 saturated heterocycles. The highest BCUT2D eigenvalue weighted by Gasteiger charge is 2.40. The number of hydrogen-bond donors (Lipinski definition) is 0. The molecule has 2 amide bonds. The molecular weight excluding hydrogens is 366 g/mol. The van der Waals surface area contributed by atoms with Crippen LogP contribution in [0.2, 0.25) is 0 Å². The van der Waals surface area contributed by atoms with Gasteiger partial charge >= 0.3 is 0 Å². The summed E-state index contributed by atoms with van der Waals surface area (Å²) >= 11 is 0. The van der Waals surface area contributed by atoms with E-state index >= 15 is 0 Å². The summed E-state index contributed by atoms with van der Waals surface area (Å²) in [6.45, 7) is 1.37. The number of carbonyl (C=O) groups excluding carboxylic acids is 2. The van der Waals surface area contributed by atoms with Gasteiger partial charge in [0, 0.05) is 43.4 Å². The smallest absolute Gasteiger partial charge is 0.227 e. The predicted molar refractivity (Wildman–Crippen MR) is 110 cm³/mol. The van der Waals surface area contributed by atoms with E-state index in [1.165, 1.54) is 5.56 Å². The zero-order chi connectivity index (χ0) is 20.0. The molecule has 0 spiro atoms. The Labute approximate surface area is 170 Å². The summed E-state index contributed by atoms with van der Waals surface area (Å²) in [4.78, 5) is 32.2. The van der Waals surface area contributed by atoms with Crippen molar-refractivity contribution >= 4 is 17.5 Å². The lowest BCUT2D eigenvalue weighted by molar-refractivity contribution is -0.141. The van der Waals surface area contributed by atoms with Crippen molar-refractivity contribution in [1.29, 1.82) is 0 Å². The number of pyridine rings is 1. The van der Waals surface area contributed by atoms with Gasteiger partial charge in [0.05, 0.1) is 12.2 Å². The topological polar surface area (TPSA) is 62.7 Å². The van der Waals surface area contributed by atoms with Gasteiger partial charge in [-0.25, -0.2) is 0 Å². The molecule has 150 valence electrons. The Morgan fingerprint density at radius 3 is 2.76 bits per heavy atom. The average Bonchev–Trinajstić information content (AvgIpc) is 3.55. The zero-order valence-electron chi connectivity index (χ0n) is 16.6. The van der Waals surface area contributed by atoms with E-state index in [9.17, 15) is 9.59 Å². The molecule has 6 heteroatoms. The second-order valence-corrected chi connectivity index (χ2v) is 8.26. The quantitative estimate of drug-likeness (QED) is 0.786. The summed E-state index contributed by atoms with van der Waals surface area (Å²) < 4.78 is 5.99. The first-order chi connectivity index (χ1) is 14.1. The molecule has 1 aromatic heterocycles. The first-order valence-electron chi connectivity index (χ1n) is 10.4. The summed E-state index contributed by atoms with van der Waals surface area (Å²) in [5, 5.41) is 0. The van der Waals surface area contributed by atoms with Gasteiger partial charge in [0.2, 0.25) is 11.8 Å². The number of hydrogen-bond acceptors (Lipinski definition) is 4. The first-order valence-corrected chi connectivity index (χ1v) is 10.4. The maximum atomic E-state index is 12.2. The predicted octanol–water partition coefficient (Wildman–Crippen LogP) is 3.05. The molecule has 2 aromatic rings. The Bertz CT molecular complexity index is 970. The standard InChI is InChI=1S/C23H25N3O3/c1-25-21-6-4-16(10-17(21)5-7-22(25)27)18-11-20(13-24-12-18)29-14-19-8-9-26(19)23(28)15-2-3-15/h4,6,10-13,15,19H,2-3,5,7-9,14H2,1H3. The van der Waals surface area contributed by atoms with Crippen molar-refractivity contribution < 1.29 is 14.3 Å². The molecule has 1 saturated carbocycles. The van der Waals surface area contributed by atoms with Gasteiger partial charge in [-0.3, -0.25) is 14.6 Å². The SMILES string of the molecule is CN1C(=O)CCc2cc(-c3cncc(OCC4CCN4C(=O)C4CC4)c3)ccc21.